The number of esters is 1. The molecule has 170 valence electrons. The summed E-state index contributed by atoms with van der Waals surface area (Å²) in [4.78, 5) is 41.4. The summed E-state index contributed by atoms with van der Waals surface area (Å²) in [5.74, 6) is -0.424. The van der Waals surface area contributed by atoms with E-state index in [-0.39, 0.29) is 30.2 Å². The molecule has 1 aromatic rings. The molecule has 2 fully saturated rings. The first-order valence-corrected chi connectivity index (χ1v) is 11.4. The van der Waals surface area contributed by atoms with Gasteiger partial charge in [0.1, 0.15) is 5.82 Å². The zero-order valence-electron chi connectivity index (χ0n) is 18.4. The van der Waals surface area contributed by atoms with Gasteiger partial charge in [-0.15, -0.1) is 0 Å². The zero-order chi connectivity index (χ0) is 22.3. The first-order valence-electron chi connectivity index (χ1n) is 11.4. The lowest BCUT2D eigenvalue weighted by Crippen LogP contribution is -2.51. The molecule has 2 amide bonds. The quantitative estimate of drug-likeness (QED) is 0.591. The minimum absolute atomic E-state index is 0.0111. The van der Waals surface area contributed by atoms with Crippen LogP contribution in [-0.4, -0.2) is 60.4 Å². The number of nitrogens with zero attached hydrogens (tertiary/aromatic N) is 2. The molecule has 6 nitrogen and oxygen atoms in total. The SMILES string of the molecule is CCOC(=O)[C@]1(Cc2ccc(F)cc2)CCCN(C(=O)CCCN2CCCCC2=O)C1. The molecule has 31 heavy (non-hydrogen) atoms. The maximum absolute atomic E-state index is 13.3. The van der Waals surface area contributed by atoms with Gasteiger partial charge in [0, 0.05) is 39.0 Å². The number of hydrogen-bond acceptors (Lipinski definition) is 4. The fraction of sp³-hybridized carbons (Fsp3) is 0.625. The minimum Gasteiger partial charge on any atom is -0.466 e. The van der Waals surface area contributed by atoms with Crippen molar-refractivity contribution >= 4 is 17.8 Å². The van der Waals surface area contributed by atoms with Gasteiger partial charge in [0.25, 0.3) is 0 Å². The molecule has 0 N–H and O–H groups in total. The molecule has 0 aromatic heterocycles. The molecule has 0 radical (unpaired) electrons. The molecule has 0 saturated carbocycles. The third kappa shape index (κ3) is 6.05. The lowest BCUT2D eigenvalue weighted by atomic mass is 9.75. The predicted octanol–water partition coefficient (Wildman–Crippen LogP) is 3.33. The molecule has 2 heterocycles. The Morgan fingerprint density at radius 2 is 1.90 bits per heavy atom. The van der Waals surface area contributed by atoms with Crippen LogP contribution in [0.1, 0.15) is 57.4 Å². The Balaban J connectivity index is 1.63. The van der Waals surface area contributed by atoms with Crippen LogP contribution in [0.25, 0.3) is 0 Å². The molecule has 0 bridgehead atoms. The van der Waals surface area contributed by atoms with Crippen LogP contribution in [0.3, 0.4) is 0 Å². The Labute approximate surface area is 183 Å². The highest BCUT2D eigenvalue weighted by molar-refractivity contribution is 5.81. The second-order valence-electron chi connectivity index (χ2n) is 8.66. The van der Waals surface area contributed by atoms with Crippen molar-refractivity contribution in [3.05, 3.63) is 35.6 Å². The van der Waals surface area contributed by atoms with Gasteiger partial charge in [-0.05, 0) is 63.1 Å². The maximum atomic E-state index is 13.3. The van der Waals surface area contributed by atoms with Crippen LogP contribution < -0.4 is 0 Å². The van der Waals surface area contributed by atoms with Gasteiger partial charge >= 0.3 is 5.97 Å². The van der Waals surface area contributed by atoms with E-state index in [1.165, 1.54) is 12.1 Å². The van der Waals surface area contributed by atoms with Crippen LogP contribution in [-0.2, 0) is 25.5 Å². The molecule has 2 aliphatic rings. The predicted molar refractivity (Wildman–Crippen MR) is 115 cm³/mol. The molecule has 1 atom stereocenters. The first-order chi connectivity index (χ1) is 14.9. The molecule has 3 rings (SSSR count). The summed E-state index contributed by atoms with van der Waals surface area (Å²) in [5.41, 5.74) is 0.0391. The standard InChI is InChI=1S/C24H33FN2O4/c1-2-31-23(30)24(17-19-9-11-20(25)12-10-19)13-6-16-27(18-24)22(29)8-5-15-26-14-4-3-7-21(26)28/h9-12H,2-8,13-18H2,1H3/t24-/m0/s1. The normalized spacial score (nSPS) is 21.8. The number of halogens is 1. The average molecular weight is 433 g/mol. The first kappa shape index (κ1) is 23.2. The number of amides is 2. The molecular formula is C24H33FN2O4. The van der Waals surface area contributed by atoms with E-state index in [0.717, 1.165) is 31.4 Å². The Bertz CT molecular complexity index is 782. The largest absolute Gasteiger partial charge is 0.466 e. The van der Waals surface area contributed by atoms with E-state index in [9.17, 15) is 18.8 Å². The highest BCUT2D eigenvalue weighted by Crippen LogP contribution is 2.36. The van der Waals surface area contributed by atoms with Crippen LogP contribution in [0.15, 0.2) is 24.3 Å². The van der Waals surface area contributed by atoms with Crippen LogP contribution >= 0.6 is 0 Å². The number of rotatable bonds is 8. The fourth-order valence-corrected chi connectivity index (χ4v) is 4.68. The summed E-state index contributed by atoms with van der Waals surface area (Å²) in [6.07, 6.45) is 5.34. The summed E-state index contributed by atoms with van der Waals surface area (Å²) in [7, 11) is 0. The van der Waals surface area contributed by atoms with E-state index in [0.29, 0.717) is 51.7 Å². The van der Waals surface area contributed by atoms with Gasteiger partial charge in [0.15, 0.2) is 0 Å². The molecular weight excluding hydrogens is 399 g/mol. The second kappa shape index (κ2) is 10.7. The van der Waals surface area contributed by atoms with E-state index >= 15 is 0 Å². The fourth-order valence-electron chi connectivity index (χ4n) is 4.68. The molecule has 1 aromatic carbocycles. The van der Waals surface area contributed by atoms with E-state index < -0.39 is 5.41 Å². The van der Waals surface area contributed by atoms with Gasteiger partial charge in [-0.3, -0.25) is 14.4 Å². The second-order valence-corrected chi connectivity index (χ2v) is 8.66. The number of benzene rings is 1. The van der Waals surface area contributed by atoms with Gasteiger partial charge < -0.3 is 14.5 Å². The summed E-state index contributed by atoms with van der Waals surface area (Å²) >= 11 is 0. The van der Waals surface area contributed by atoms with E-state index in [2.05, 4.69) is 0 Å². The molecule has 2 saturated heterocycles. The Hall–Kier alpha value is -2.44. The van der Waals surface area contributed by atoms with Crippen LogP contribution in [0.4, 0.5) is 4.39 Å². The van der Waals surface area contributed by atoms with Crippen molar-refractivity contribution in [1.82, 2.24) is 9.80 Å². The van der Waals surface area contributed by atoms with Crippen molar-refractivity contribution in [2.75, 3.05) is 32.8 Å². The molecule has 2 aliphatic heterocycles. The highest BCUT2D eigenvalue weighted by atomic mass is 19.1. The number of carbonyl (C=O) groups excluding carboxylic acids is 3. The maximum Gasteiger partial charge on any atom is 0.314 e. The summed E-state index contributed by atoms with van der Waals surface area (Å²) in [5, 5.41) is 0. The van der Waals surface area contributed by atoms with E-state index in [1.54, 1.807) is 24.0 Å². The monoisotopic (exact) mass is 432 g/mol. The van der Waals surface area contributed by atoms with Gasteiger partial charge in [0.05, 0.1) is 12.0 Å². The number of carbonyl (C=O) groups is 3. The zero-order valence-corrected chi connectivity index (χ0v) is 18.4. The summed E-state index contributed by atoms with van der Waals surface area (Å²) in [6, 6.07) is 6.16. The molecule has 0 aliphatic carbocycles. The van der Waals surface area contributed by atoms with Crippen molar-refractivity contribution in [2.24, 2.45) is 5.41 Å². The van der Waals surface area contributed by atoms with Crippen LogP contribution in [0.5, 0.6) is 0 Å². The lowest BCUT2D eigenvalue weighted by Gasteiger charge is -2.41. The van der Waals surface area contributed by atoms with Crippen molar-refractivity contribution < 1.29 is 23.5 Å². The minimum atomic E-state index is -0.815. The van der Waals surface area contributed by atoms with Crippen LogP contribution in [0.2, 0.25) is 0 Å². The number of hydrogen-bond donors (Lipinski definition) is 0. The van der Waals surface area contributed by atoms with Crippen molar-refractivity contribution in [3.8, 4) is 0 Å². The smallest absolute Gasteiger partial charge is 0.314 e. The van der Waals surface area contributed by atoms with Crippen LogP contribution in [0, 0.1) is 11.2 Å². The van der Waals surface area contributed by atoms with Gasteiger partial charge in [-0.25, -0.2) is 4.39 Å². The topological polar surface area (TPSA) is 66.9 Å². The van der Waals surface area contributed by atoms with E-state index in [1.807, 2.05) is 4.90 Å². The Kier molecular flexibility index (Phi) is 8.04. The highest BCUT2D eigenvalue weighted by Gasteiger charge is 2.44. The van der Waals surface area contributed by atoms with E-state index in [4.69, 9.17) is 4.74 Å². The van der Waals surface area contributed by atoms with Gasteiger partial charge in [-0.2, -0.15) is 0 Å². The lowest BCUT2D eigenvalue weighted by molar-refractivity contribution is -0.161. The third-order valence-electron chi connectivity index (χ3n) is 6.33. The summed E-state index contributed by atoms with van der Waals surface area (Å²) in [6.45, 7) is 4.37. The van der Waals surface area contributed by atoms with Crippen molar-refractivity contribution in [1.29, 1.82) is 0 Å². The molecule has 7 heteroatoms. The third-order valence-corrected chi connectivity index (χ3v) is 6.33. The van der Waals surface area contributed by atoms with Gasteiger partial charge in [-0.1, -0.05) is 12.1 Å². The molecule has 0 unspecified atom stereocenters. The van der Waals surface area contributed by atoms with Crippen molar-refractivity contribution in [2.45, 2.75) is 58.3 Å². The summed E-state index contributed by atoms with van der Waals surface area (Å²) < 4.78 is 18.7. The number of piperidine rings is 2. The van der Waals surface area contributed by atoms with Gasteiger partial charge in [0.2, 0.25) is 11.8 Å². The number of likely N-dealkylation sites (tertiary alicyclic amines) is 2. The number of ether oxygens (including phenoxy) is 1. The van der Waals surface area contributed by atoms with Crippen molar-refractivity contribution in [3.63, 3.8) is 0 Å². The molecule has 0 spiro atoms. The average Bonchev–Trinajstić information content (AvgIpc) is 2.77. The Morgan fingerprint density at radius 3 is 2.61 bits per heavy atom. The Morgan fingerprint density at radius 1 is 1.13 bits per heavy atom.